The molecule has 8 nitrogen and oxygen atoms in total. The first-order valence-corrected chi connectivity index (χ1v) is 16.4. The lowest BCUT2D eigenvalue weighted by atomic mass is 10.1. The van der Waals surface area contributed by atoms with E-state index in [0.29, 0.717) is 17.2 Å². The molecular formula is C33H40ClN3O5S. The molecule has 0 aromatic heterocycles. The van der Waals surface area contributed by atoms with Crippen LogP contribution < -0.4 is 14.4 Å². The third kappa shape index (κ3) is 7.89. The van der Waals surface area contributed by atoms with E-state index in [1.807, 2.05) is 39.0 Å². The van der Waals surface area contributed by atoms with E-state index in [1.54, 1.807) is 43.5 Å². The second-order valence-corrected chi connectivity index (χ2v) is 13.3. The van der Waals surface area contributed by atoms with Crippen LogP contribution in [0.1, 0.15) is 55.7 Å². The Hall–Kier alpha value is -3.56. The topological polar surface area (TPSA) is 96.0 Å². The minimum Gasteiger partial charge on any atom is -0.497 e. The molecule has 3 aromatic carbocycles. The molecule has 0 aliphatic heterocycles. The van der Waals surface area contributed by atoms with Crippen molar-refractivity contribution in [2.75, 3.05) is 18.0 Å². The Bertz CT molecular complexity index is 1540. The number of aryl methyl sites for hydroxylation is 2. The molecule has 4 rings (SSSR count). The van der Waals surface area contributed by atoms with Gasteiger partial charge in [-0.1, -0.05) is 67.3 Å². The molecule has 2 amide bonds. The van der Waals surface area contributed by atoms with Gasteiger partial charge in [-0.2, -0.15) is 0 Å². The summed E-state index contributed by atoms with van der Waals surface area (Å²) in [4.78, 5) is 29.4. The predicted octanol–water partition coefficient (Wildman–Crippen LogP) is 6.03. The Morgan fingerprint density at radius 1 is 1.02 bits per heavy atom. The van der Waals surface area contributed by atoms with Gasteiger partial charge < -0.3 is 15.0 Å². The predicted molar refractivity (Wildman–Crippen MR) is 170 cm³/mol. The largest absolute Gasteiger partial charge is 0.497 e. The molecule has 1 saturated carbocycles. The number of halogens is 1. The van der Waals surface area contributed by atoms with Gasteiger partial charge in [0.15, 0.2) is 0 Å². The lowest BCUT2D eigenvalue weighted by Crippen LogP contribution is -2.53. The second-order valence-electron chi connectivity index (χ2n) is 11.0. The van der Waals surface area contributed by atoms with E-state index >= 15 is 0 Å². The lowest BCUT2D eigenvalue weighted by Gasteiger charge is -2.34. The van der Waals surface area contributed by atoms with Crippen molar-refractivity contribution in [3.63, 3.8) is 0 Å². The van der Waals surface area contributed by atoms with E-state index in [9.17, 15) is 18.0 Å². The Morgan fingerprint density at radius 2 is 1.72 bits per heavy atom. The first-order valence-electron chi connectivity index (χ1n) is 14.6. The van der Waals surface area contributed by atoms with Crippen LogP contribution in [0.5, 0.6) is 5.75 Å². The highest BCUT2D eigenvalue weighted by Gasteiger charge is 2.34. The zero-order valence-corrected chi connectivity index (χ0v) is 26.7. The summed E-state index contributed by atoms with van der Waals surface area (Å²) in [5, 5.41) is 3.51. The van der Waals surface area contributed by atoms with Crippen molar-refractivity contribution in [1.29, 1.82) is 0 Å². The molecular weight excluding hydrogens is 586 g/mol. The maximum Gasteiger partial charge on any atom is 0.264 e. The second kappa shape index (κ2) is 14.3. The molecule has 0 bridgehead atoms. The summed E-state index contributed by atoms with van der Waals surface area (Å²) >= 11 is 6.42. The third-order valence-corrected chi connectivity index (χ3v) is 10.1. The van der Waals surface area contributed by atoms with Crippen LogP contribution in [0, 0.1) is 13.8 Å². The van der Waals surface area contributed by atoms with Crippen LogP contribution in [-0.2, 0) is 26.2 Å². The Kier molecular flexibility index (Phi) is 10.7. The number of nitrogens with zero attached hydrogens (tertiary/aromatic N) is 2. The summed E-state index contributed by atoms with van der Waals surface area (Å²) in [6.07, 6.45) is 4.28. The van der Waals surface area contributed by atoms with Crippen LogP contribution in [0.15, 0.2) is 71.6 Å². The molecule has 0 saturated heterocycles. The summed E-state index contributed by atoms with van der Waals surface area (Å²) in [6.45, 7) is 5.12. The first-order chi connectivity index (χ1) is 20.5. The number of anilines is 1. The zero-order valence-electron chi connectivity index (χ0n) is 25.2. The smallest absolute Gasteiger partial charge is 0.264 e. The van der Waals surface area contributed by atoms with Gasteiger partial charge in [-0.15, -0.1) is 0 Å². The van der Waals surface area contributed by atoms with Gasteiger partial charge in [0.25, 0.3) is 10.0 Å². The average Bonchev–Trinajstić information content (AvgIpc) is 3.50. The Morgan fingerprint density at radius 3 is 2.35 bits per heavy atom. The minimum absolute atomic E-state index is 0.0490. The van der Waals surface area contributed by atoms with Gasteiger partial charge in [-0.3, -0.25) is 13.9 Å². The number of sulfonamides is 1. The Balaban J connectivity index is 1.74. The van der Waals surface area contributed by atoms with Gasteiger partial charge in [0.2, 0.25) is 11.8 Å². The number of rotatable bonds is 12. The summed E-state index contributed by atoms with van der Waals surface area (Å²) in [5.74, 6) is -0.133. The van der Waals surface area contributed by atoms with Crippen LogP contribution in [0.25, 0.3) is 0 Å². The number of methoxy groups -OCH3 is 1. The zero-order chi connectivity index (χ0) is 31.1. The quantitative estimate of drug-likeness (QED) is 0.265. The molecule has 1 aliphatic carbocycles. The molecule has 1 unspecified atom stereocenters. The number of benzene rings is 3. The lowest BCUT2D eigenvalue weighted by molar-refractivity contribution is -0.140. The van der Waals surface area contributed by atoms with Crippen molar-refractivity contribution in [1.82, 2.24) is 10.2 Å². The van der Waals surface area contributed by atoms with Gasteiger partial charge in [-0.05, 0) is 80.6 Å². The molecule has 1 aliphatic rings. The molecule has 1 atom stereocenters. The standard InChI is InChI=1S/C33H40ClN3O5S/c1-5-31(33(39)35-26-10-6-7-11-26)36(21-25-9-8-12-28(19-25)42-4)32(38)22-37(27-16-15-24(3)30(34)20-27)43(40,41)29-17-13-23(2)14-18-29/h8-9,12-20,26,31H,5-7,10-11,21-22H2,1-4H3,(H,35,39). The van der Waals surface area contributed by atoms with Crippen molar-refractivity contribution >= 4 is 39.1 Å². The van der Waals surface area contributed by atoms with Crippen LogP contribution in [0.2, 0.25) is 5.02 Å². The van der Waals surface area contributed by atoms with Gasteiger partial charge >= 0.3 is 0 Å². The van der Waals surface area contributed by atoms with Crippen molar-refractivity contribution in [2.45, 2.75) is 76.4 Å². The highest BCUT2D eigenvalue weighted by molar-refractivity contribution is 7.92. The van der Waals surface area contributed by atoms with Crippen LogP contribution in [0.3, 0.4) is 0 Å². The van der Waals surface area contributed by atoms with E-state index in [1.165, 1.54) is 17.0 Å². The van der Waals surface area contributed by atoms with Crippen LogP contribution in [0.4, 0.5) is 5.69 Å². The number of hydrogen-bond donors (Lipinski definition) is 1. The van der Waals surface area contributed by atoms with E-state index in [0.717, 1.165) is 46.7 Å². The third-order valence-electron chi connectivity index (χ3n) is 7.91. The number of carbonyl (C=O) groups excluding carboxylic acids is 2. The maximum atomic E-state index is 14.3. The fraction of sp³-hybridized carbons (Fsp3) is 0.394. The van der Waals surface area contributed by atoms with E-state index in [2.05, 4.69) is 5.32 Å². The number of carbonyl (C=O) groups is 2. The molecule has 43 heavy (non-hydrogen) atoms. The molecule has 3 aromatic rings. The van der Waals surface area contributed by atoms with Gasteiger partial charge in [0.1, 0.15) is 18.3 Å². The molecule has 0 spiro atoms. The van der Waals surface area contributed by atoms with Crippen molar-refractivity contribution in [3.8, 4) is 5.75 Å². The molecule has 1 N–H and O–H groups in total. The first kappa shape index (κ1) is 32.4. The van der Waals surface area contributed by atoms with E-state index in [4.69, 9.17) is 16.3 Å². The highest BCUT2D eigenvalue weighted by Crippen LogP contribution is 2.29. The number of amides is 2. The van der Waals surface area contributed by atoms with Crippen molar-refractivity contribution < 1.29 is 22.7 Å². The monoisotopic (exact) mass is 625 g/mol. The maximum absolute atomic E-state index is 14.3. The van der Waals surface area contributed by atoms with Gasteiger partial charge in [0, 0.05) is 17.6 Å². The highest BCUT2D eigenvalue weighted by atomic mass is 35.5. The van der Waals surface area contributed by atoms with E-state index < -0.39 is 28.5 Å². The summed E-state index contributed by atoms with van der Waals surface area (Å²) < 4.78 is 34.6. The van der Waals surface area contributed by atoms with Gasteiger partial charge in [-0.25, -0.2) is 8.42 Å². The normalized spacial score (nSPS) is 14.3. The number of nitrogens with one attached hydrogen (secondary N) is 1. The fourth-order valence-electron chi connectivity index (χ4n) is 5.36. The molecule has 10 heteroatoms. The minimum atomic E-state index is -4.18. The van der Waals surface area contributed by atoms with Crippen molar-refractivity contribution in [3.05, 3.63) is 88.4 Å². The summed E-state index contributed by atoms with van der Waals surface area (Å²) in [5.41, 5.74) is 2.70. The number of hydrogen-bond acceptors (Lipinski definition) is 5. The fourth-order valence-corrected chi connectivity index (χ4v) is 6.94. The van der Waals surface area contributed by atoms with E-state index in [-0.39, 0.29) is 29.1 Å². The molecule has 1 fully saturated rings. The summed E-state index contributed by atoms with van der Waals surface area (Å²) in [6, 6.07) is 17.9. The van der Waals surface area contributed by atoms with Crippen LogP contribution in [-0.4, -0.2) is 50.9 Å². The van der Waals surface area contributed by atoms with Crippen LogP contribution >= 0.6 is 11.6 Å². The molecule has 0 radical (unpaired) electrons. The average molecular weight is 626 g/mol. The van der Waals surface area contributed by atoms with Crippen molar-refractivity contribution in [2.24, 2.45) is 0 Å². The molecule has 0 heterocycles. The van der Waals surface area contributed by atoms with Gasteiger partial charge in [0.05, 0.1) is 17.7 Å². The SMILES string of the molecule is CCC(C(=O)NC1CCCC1)N(Cc1cccc(OC)c1)C(=O)CN(c1ccc(C)c(Cl)c1)S(=O)(=O)c1ccc(C)cc1. The summed E-state index contributed by atoms with van der Waals surface area (Å²) in [7, 11) is -2.62. The number of ether oxygens (including phenoxy) is 1. The molecule has 230 valence electrons. The Labute approximate surface area is 260 Å².